The van der Waals surface area contributed by atoms with Crippen LogP contribution in [0.3, 0.4) is 0 Å². The van der Waals surface area contributed by atoms with Crippen molar-refractivity contribution in [2.75, 3.05) is 24.6 Å². The monoisotopic (exact) mass is 659 g/mol. The first-order chi connectivity index (χ1) is 20.9. The van der Waals surface area contributed by atoms with Crippen molar-refractivity contribution in [1.29, 1.82) is 0 Å². The van der Waals surface area contributed by atoms with Gasteiger partial charge in [-0.15, -0.1) is 0 Å². The van der Waals surface area contributed by atoms with Crippen LogP contribution in [0.25, 0.3) is 22.3 Å². The van der Waals surface area contributed by atoms with Gasteiger partial charge in [0, 0.05) is 13.0 Å². The van der Waals surface area contributed by atoms with Crippen LogP contribution in [0.4, 0.5) is 16.2 Å². The van der Waals surface area contributed by atoms with E-state index in [1.165, 1.54) is 21.8 Å². The van der Waals surface area contributed by atoms with E-state index < -0.39 is 79.9 Å². The minimum absolute atomic E-state index is 0.0176. The number of H-pyrrole nitrogens is 1. The number of halogens is 1. The molecule has 7 heterocycles. The maximum absolute atomic E-state index is 15.9. The Morgan fingerprint density at radius 3 is 2.59 bits per heavy atom. The van der Waals surface area contributed by atoms with Crippen molar-refractivity contribution in [3.05, 3.63) is 29.3 Å². The highest BCUT2D eigenvalue weighted by Crippen LogP contribution is 2.50. The van der Waals surface area contributed by atoms with Gasteiger partial charge < -0.3 is 25.8 Å². The standard InChI is InChI=1S/C20H23FN11O10PS/c21-10-13-9(40-19(10)31-5-26-11-14(22)24-4-25-15(11)31)2-28-44(36,37)42-8-1-7(3-38-43(34,35)41-13)39-18(8)32-6-27-12-16(32)29-20(23)30-17(12)33/h4-10,13,18-19,28H,1-3H2,(H,34,35)(H2,22,24,25)(H3,23,29,30,33)/t7-,8+,9+,10+,13+,18+,19+/m0/s1. The predicted octanol–water partition coefficient (Wildman–Crippen LogP) is -1.62. The van der Waals surface area contributed by atoms with E-state index in [0.29, 0.717) is 0 Å². The quantitative estimate of drug-likeness (QED) is 0.151. The molecule has 1 unspecified atom stereocenters. The molecule has 8 atom stereocenters. The molecule has 3 saturated heterocycles. The van der Waals surface area contributed by atoms with Crippen LogP contribution >= 0.6 is 7.82 Å². The van der Waals surface area contributed by atoms with Crippen molar-refractivity contribution in [3.8, 4) is 0 Å². The molecule has 7 N–H and O–H groups in total. The second-order valence-electron chi connectivity index (χ2n) is 10.0. The summed E-state index contributed by atoms with van der Waals surface area (Å²) in [6.07, 6.45) is -7.16. The molecular formula is C20H23FN11O10PS. The summed E-state index contributed by atoms with van der Waals surface area (Å²) in [7, 11) is -9.61. The number of hydrogen-bond acceptors (Lipinski definition) is 16. The SMILES string of the molecule is Nc1nc2c(ncn2[C@@H]2O[C@@H]3COP(=O)(O)O[C@H]4[C@@H](F)[C@H](n5cnc6c(N)ncnc65)O[C@@H]4CNS(=O)(=O)O[C@@H]2C3)c(=O)[nH]1. The van der Waals surface area contributed by atoms with Gasteiger partial charge in [-0.05, 0) is 0 Å². The number of nitrogens with two attached hydrogens (primary N) is 2. The lowest BCUT2D eigenvalue weighted by molar-refractivity contribution is -0.0487. The highest BCUT2D eigenvalue weighted by atomic mass is 32.2. The lowest BCUT2D eigenvalue weighted by Gasteiger charge is -2.24. The summed E-state index contributed by atoms with van der Waals surface area (Å²) < 4.78 is 87.0. The molecule has 3 aliphatic heterocycles. The molecule has 24 heteroatoms. The third-order valence-corrected chi connectivity index (χ3v) is 9.19. The Morgan fingerprint density at radius 1 is 1.05 bits per heavy atom. The number of imidazole rings is 2. The van der Waals surface area contributed by atoms with Gasteiger partial charge in [-0.25, -0.2) is 33.1 Å². The summed E-state index contributed by atoms with van der Waals surface area (Å²) >= 11 is 0. The van der Waals surface area contributed by atoms with E-state index in [1.54, 1.807) is 0 Å². The first-order valence-electron chi connectivity index (χ1n) is 12.8. The van der Waals surface area contributed by atoms with Gasteiger partial charge in [-0.3, -0.25) is 28.0 Å². The average Bonchev–Trinajstić information content (AvgIpc) is 3.72. The van der Waals surface area contributed by atoms with Gasteiger partial charge >= 0.3 is 18.1 Å². The first kappa shape index (κ1) is 29.1. The van der Waals surface area contributed by atoms with Gasteiger partial charge in [0.15, 0.2) is 41.3 Å². The van der Waals surface area contributed by atoms with E-state index in [0.717, 1.165) is 6.33 Å². The van der Waals surface area contributed by atoms with Crippen molar-refractivity contribution >= 4 is 52.2 Å². The number of fused-ring (bicyclic) bond motifs is 5. The van der Waals surface area contributed by atoms with Crippen molar-refractivity contribution < 1.29 is 45.0 Å². The van der Waals surface area contributed by atoms with Gasteiger partial charge in [0.05, 0.1) is 25.4 Å². The third kappa shape index (κ3) is 5.10. The third-order valence-electron chi connectivity index (χ3n) is 7.19. The fourth-order valence-corrected chi connectivity index (χ4v) is 7.20. The molecule has 0 amide bonds. The molecule has 236 valence electrons. The van der Waals surface area contributed by atoms with Crippen LogP contribution in [0, 0.1) is 0 Å². The molecule has 0 radical (unpaired) electrons. The molecule has 2 bridgehead atoms. The largest absolute Gasteiger partial charge is 0.472 e. The summed E-state index contributed by atoms with van der Waals surface area (Å²) in [6, 6.07) is 0. The zero-order chi connectivity index (χ0) is 31.0. The van der Waals surface area contributed by atoms with Crippen molar-refractivity contribution in [2.45, 2.75) is 49.5 Å². The lowest BCUT2D eigenvalue weighted by atomic mass is 10.1. The van der Waals surface area contributed by atoms with Crippen molar-refractivity contribution in [1.82, 2.24) is 43.8 Å². The topological polar surface area (TPSA) is 289 Å². The van der Waals surface area contributed by atoms with E-state index in [2.05, 4.69) is 34.6 Å². The maximum atomic E-state index is 15.9. The lowest BCUT2D eigenvalue weighted by Crippen LogP contribution is -2.42. The summed E-state index contributed by atoms with van der Waals surface area (Å²) in [5, 5.41) is 0. The van der Waals surface area contributed by atoms with E-state index in [9.17, 15) is 22.7 Å². The van der Waals surface area contributed by atoms with Crippen molar-refractivity contribution in [3.63, 3.8) is 0 Å². The van der Waals surface area contributed by atoms with Crippen LogP contribution in [0.2, 0.25) is 0 Å². The molecule has 4 aromatic rings. The number of anilines is 2. The zero-order valence-corrected chi connectivity index (χ0v) is 23.7. The normalized spacial score (nSPS) is 34.4. The number of nitrogens with one attached hydrogen (secondary N) is 2. The summed E-state index contributed by atoms with van der Waals surface area (Å²) in [4.78, 5) is 45.0. The highest BCUT2D eigenvalue weighted by Gasteiger charge is 2.52. The Morgan fingerprint density at radius 2 is 1.80 bits per heavy atom. The second-order valence-corrected chi connectivity index (χ2v) is 12.8. The number of aromatic nitrogens is 8. The predicted molar refractivity (Wildman–Crippen MR) is 142 cm³/mol. The van der Waals surface area contributed by atoms with Gasteiger partial charge in [-0.2, -0.15) is 18.1 Å². The van der Waals surface area contributed by atoms with Crippen LogP contribution in [0.1, 0.15) is 18.9 Å². The minimum atomic E-state index is -5.00. The Balaban J connectivity index is 1.19. The summed E-state index contributed by atoms with van der Waals surface area (Å²) in [5.41, 5.74) is 10.9. The molecule has 44 heavy (non-hydrogen) atoms. The van der Waals surface area contributed by atoms with E-state index in [4.69, 9.17) is 34.2 Å². The van der Waals surface area contributed by atoms with E-state index >= 15 is 4.39 Å². The maximum Gasteiger partial charge on any atom is 0.472 e. The van der Waals surface area contributed by atoms with Crippen LogP contribution < -0.4 is 21.7 Å². The van der Waals surface area contributed by atoms with Gasteiger partial charge in [0.1, 0.15) is 30.2 Å². The number of nitrogens with zero attached hydrogens (tertiary/aromatic N) is 7. The Kier molecular flexibility index (Phi) is 6.91. The Bertz CT molecular complexity index is 1970. The van der Waals surface area contributed by atoms with Gasteiger partial charge in [0.25, 0.3) is 5.56 Å². The molecule has 0 aliphatic carbocycles. The average molecular weight is 660 g/mol. The zero-order valence-electron chi connectivity index (χ0n) is 22.0. The molecule has 4 aromatic heterocycles. The fraction of sp³-hybridized carbons (Fsp3) is 0.500. The number of phosphoric ester groups is 1. The molecule has 7 rings (SSSR count). The summed E-state index contributed by atoms with van der Waals surface area (Å²) in [6.45, 7) is -1.25. The first-order valence-corrected chi connectivity index (χ1v) is 15.7. The molecule has 0 saturated carbocycles. The molecule has 3 aliphatic rings. The van der Waals surface area contributed by atoms with Crippen LogP contribution in [0.15, 0.2) is 23.8 Å². The van der Waals surface area contributed by atoms with E-state index in [-0.39, 0.29) is 40.5 Å². The van der Waals surface area contributed by atoms with Gasteiger partial charge in [-0.1, -0.05) is 0 Å². The smallest absolute Gasteiger partial charge is 0.382 e. The Labute approximate surface area is 244 Å². The number of aromatic amines is 1. The Hall–Kier alpha value is -3.67. The van der Waals surface area contributed by atoms with Crippen LogP contribution in [-0.4, -0.2) is 96.1 Å². The van der Waals surface area contributed by atoms with E-state index in [1.807, 2.05) is 0 Å². The number of ether oxygens (including phenoxy) is 2. The highest BCUT2D eigenvalue weighted by molar-refractivity contribution is 7.84. The van der Waals surface area contributed by atoms with Crippen LogP contribution in [-0.2, 0) is 37.6 Å². The molecular weight excluding hydrogens is 636 g/mol. The van der Waals surface area contributed by atoms with Crippen LogP contribution in [0.5, 0.6) is 0 Å². The second kappa shape index (κ2) is 10.5. The number of rotatable bonds is 2. The van der Waals surface area contributed by atoms with Gasteiger partial charge in [0.2, 0.25) is 5.95 Å². The molecule has 0 spiro atoms. The molecule has 0 aromatic carbocycles. The minimum Gasteiger partial charge on any atom is -0.382 e. The fourth-order valence-electron chi connectivity index (χ4n) is 5.29. The molecule has 21 nitrogen and oxygen atoms in total. The number of alkyl halides is 1. The van der Waals surface area contributed by atoms with Crippen molar-refractivity contribution in [2.24, 2.45) is 0 Å². The molecule has 3 fully saturated rings. The number of nitrogen functional groups attached to an aromatic ring is 2. The number of phosphoric acid groups is 1. The summed E-state index contributed by atoms with van der Waals surface area (Å²) in [5.74, 6) is -0.214. The number of hydrogen-bond donors (Lipinski definition) is 5.